The number of benzene rings is 1. The number of nitrogens with one attached hydrogen (secondary N) is 1. The second kappa shape index (κ2) is 6.02. The predicted molar refractivity (Wildman–Crippen MR) is 61.3 cm³/mol. The van der Waals surface area contributed by atoms with Gasteiger partial charge in [-0.25, -0.2) is 0 Å². The van der Waals surface area contributed by atoms with Gasteiger partial charge in [0.1, 0.15) is 13.2 Å². The number of ether oxygens (including phenoxy) is 1. The Hall–Kier alpha value is -1.68. The minimum absolute atomic E-state index is 0.0266. The summed E-state index contributed by atoms with van der Waals surface area (Å²) in [6, 6.07) is 7.47. The third-order valence-electron chi connectivity index (χ3n) is 1.84. The van der Waals surface area contributed by atoms with Crippen molar-refractivity contribution in [1.82, 2.24) is 0 Å². The molecule has 0 aliphatic carbocycles. The summed E-state index contributed by atoms with van der Waals surface area (Å²) in [7, 11) is 0. The van der Waals surface area contributed by atoms with Gasteiger partial charge in [-0.1, -0.05) is 12.1 Å². The monoisotopic (exact) mass is 221 g/mol. The van der Waals surface area contributed by atoms with E-state index < -0.39 is 0 Å². The van der Waals surface area contributed by atoms with Crippen LogP contribution in [0, 0.1) is 6.92 Å². The van der Waals surface area contributed by atoms with E-state index in [4.69, 9.17) is 4.74 Å². The van der Waals surface area contributed by atoms with E-state index >= 15 is 0 Å². The molecule has 0 saturated heterocycles. The first-order valence-electron chi connectivity index (χ1n) is 5.01. The van der Waals surface area contributed by atoms with Gasteiger partial charge in [0.25, 0.3) is 0 Å². The largest absolute Gasteiger partial charge is 0.364 e. The number of rotatable bonds is 5. The van der Waals surface area contributed by atoms with E-state index in [0.717, 1.165) is 11.3 Å². The van der Waals surface area contributed by atoms with Crippen molar-refractivity contribution in [3.63, 3.8) is 0 Å². The molecule has 4 heteroatoms. The van der Waals surface area contributed by atoms with Gasteiger partial charge in [-0.3, -0.25) is 9.59 Å². The van der Waals surface area contributed by atoms with E-state index in [-0.39, 0.29) is 24.9 Å². The fourth-order valence-electron chi connectivity index (χ4n) is 1.21. The molecule has 1 aromatic rings. The van der Waals surface area contributed by atoms with Gasteiger partial charge in [-0.05, 0) is 31.5 Å². The highest BCUT2D eigenvalue weighted by Gasteiger charge is 2.03. The van der Waals surface area contributed by atoms with Crippen LogP contribution in [0.5, 0.6) is 0 Å². The van der Waals surface area contributed by atoms with Crippen molar-refractivity contribution < 1.29 is 14.3 Å². The van der Waals surface area contributed by atoms with Crippen molar-refractivity contribution in [2.75, 3.05) is 18.5 Å². The van der Waals surface area contributed by atoms with Crippen LogP contribution in [0.4, 0.5) is 5.69 Å². The molecule has 16 heavy (non-hydrogen) atoms. The highest BCUT2D eigenvalue weighted by atomic mass is 16.5. The van der Waals surface area contributed by atoms with E-state index in [1.807, 2.05) is 25.1 Å². The fourth-order valence-corrected chi connectivity index (χ4v) is 1.21. The second-order valence-corrected chi connectivity index (χ2v) is 3.61. The van der Waals surface area contributed by atoms with Gasteiger partial charge in [0, 0.05) is 5.69 Å². The lowest BCUT2D eigenvalue weighted by molar-refractivity contribution is -0.125. The van der Waals surface area contributed by atoms with Gasteiger partial charge >= 0.3 is 0 Å². The number of hydrogen-bond acceptors (Lipinski definition) is 3. The summed E-state index contributed by atoms with van der Waals surface area (Å²) in [5, 5.41) is 2.68. The van der Waals surface area contributed by atoms with E-state index in [1.165, 1.54) is 6.92 Å². The molecule has 0 unspecified atom stereocenters. The molecule has 1 N–H and O–H groups in total. The normalized spacial score (nSPS) is 9.88. The number of ketones is 1. The molecule has 0 spiro atoms. The first-order valence-corrected chi connectivity index (χ1v) is 5.01. The highest BCUT2D eigenvalue weighted by molar-refractivity contribution is 5.91. The smallest absolute Gasteiger partial charge is 0.250 e. The van der Waals surface area contributed by atoms with Crippen LogP contribution in [-0.2, 0) is 14.3 Å². The van der Waals surface area contributed by atoms with Crippen LogP contribution < -0.4 is 5.32 Å². The average Bonchev–Trinajstić information content (AvgIpc) is 2.16. The number of amides is 1. The third-order valence-corrected chi connectivity index (χ3v) is 1.84. The lowest BCUT2D eigenvalue weighted by atomic mass is 10.2. The van der Waals surface area contributed by atoms with Crippen molar-refractivity contribution >= 4 is 17.4 Å². The number of hydrogen-bond donors (Lipinski definition) is 1. The maximum Gasteiger partial charge on any atom is 0.250 e. The Labute approximate surface area is 94.6 Å². The standard InChI is InChI=1S/C12H15NO3/c1-9-4-3-5-11(6-9)13-12(15)8-16-7-10(2)14/h3-6H,7-8H2,1-2H3,(H,13,15). The fraction of sp³-hybridized carbons (Fsp3) is 0.333. The molecule has 0 aromatic heterocycles. The summed E-state index contributed by atoms with van der Waals surface area (Å²) < 4.78 is 4.90. The Bertz CT molecular complexity index is 388. The zero-order valence-corrected chi connectivity index (χ0v) is 9.45. The average molecular weight is 221 g/mol. The van der Waals surface area contributed by atoms with Crippen LogP contribution in [0.25, 0.3) is 0 Å². The molecule has 0 heterocycles. The van der Waals surface area contributed by atoms with E-state index in [2.05, 4.69) is 5.32 Å². The van der Waals surface area contributed by atoms with Gasteiger partial charge in [-0.2, -0.15) is 0 Å². The van der Waals surface area contributed by atoms with Crippen molar-refractivity contribution in [2.24, 2.45) is 0 Å². The van der Waals surface area contributed by atoms with Crippen LogP contribution in [0.2, 0.25) is 0 Å². The second-order valence-electron chi connectivity index (χ2n) is 3.61. The van der Waals surface area contributed by atoms with Gasteiger partial charge in [0.2, 0.25) is 5.91 Å². The number of Topliss-reactive ketones (excluding diaryl/α,β-unsaturated/α-hetero) is 1. The number of carbonyl (C=O) groups excluding carboxylic acids is 2. The molecule has 1 aromatic carbocycles. The molecule has 0 fully saturated rings. The molecule has 1 amide bonds. The molecule has 4 nitrogen and oxygen atoms in total. The molecule has 1 rings (SSSR count). The van der Waals surface area contributed by atoms with Crippen LogP contribution in [0.3, 0.4) is 0 Å². The lowest BCUT2D eigenvalue weighted by Gasteiger charge is -2.05. The zero-order chi connectivity index (χ0) is 12.0. The maximum absolute atomic E-state index is 11.4. The quantitative estimate of drug-likeness (QED) is 0.820. The molecule has 86 valence electrons. The number of anilines is 1. The topological polar surface area (TPSA) is 55.4 Å². The maximum atomic E-state index is 11.4. The molecule has 0 aliphatic heterocycles. The summed E-state index contributed by atoms with van der Waals surface area (Å²) in [4.78, 5) is 21.9. The molecule has 0 aliphatic rings. The number of carbonyl (C=O) groups is 2. The van der Waals surface area contributed by atoms with Crippen LogP contribution in [0.1, 0.15) is 12.5 Å². The molecule has 0 bridgehead atoms. The Balaban J connectivity index is 2.37. The van der Waals surface area contributed by atoms with Crippen molar-refractivity contribution in [1.29, 1.82) is 0 Å². The molecular formula is C12H15NO3. The van der Waals surface area contributed by atoms with Gasteiger partial charge in [-0.15, -0.1) is 0 Å². The summed E-state index contributed by atoms with van der Waals surface area (Å²) >= 11 is 0. The molecule has 0 atom stereocenters. The first-order chi connectivity index (χ1) is 7.58. The third kappa shape index (κ3) is 4.70. The molecular weight excluding hydrogens is 206 g/mol. The Kier molecular flexibility index (Phi) is 4.66. The van der Waals surface area contributed by atoms with Gasteiger partial charge in [0.15, 0.2) is 5.78 Å². The summed E-state index contributed by atoms with van der Waals surface area (Å²) in [6.45, 7) is 3.23. The predicted octanol–water partition coefficient (Wildman–Crippen LogP) is 1.54. The van der Waals surface area contributed by atoms with Gasteiger partial charge in [0.05, 0.1) is 0 Å². The summed E-state index contributed by atoms with van der Waals surface area (Å²) in [5.41, 5.74) is 1.80. The first kappa shape index (κ1) is 12.4. The minimum atomic E-state index is -0.258. The molecule has 0 saturated carbocycles. The van der Waals surface area contributed by atoms with Crippen molar-refractivity contribution in [3.8, 4) is 0 Å². The minimum Gasteiger partial charge on any atom is -0.364 e. The number of aryl methyl sites for hydroxylation is 1. The van der Waals surface area contributed by atoms with E-state index in [0.29, 0.717) is 0 Å². The van der Waals surface area contributed by atoms with Crippen LogP contribution in [0.15, 0.2) is 24.3 Å². The van der Waals surface area contributed by atoms with Crippen LogP contribution in [-0.4, -0.2) is 24.9 Å². The Morgan fingerprint density at radius 3 is 2.69 bits per heavy atom. The summed E-state index contributed by atoms with van der Waals surface area (Å²) in [5.74, 6) is -0.352. The molecule has 0 radical (unpaired) electrons. The summed E-state index contributed by atoms with van der Waals surface area (Å²) in [6.07, 6.45) is 0. The van der Waals surface area contributed by atoms with Crippen LogP contribution >= 0.6 is 0 Å². The van der Waals surface area contributed by atoms with Crippen molar-refractivity contribution in [2.45, 2.75) is 13.8 Å². The zero-order valence-electron chi connectivity index (χ0n) is 9.45. The Morgan fingerprint density at radius 1 is 1.31 bits per heavy atom. The van der Waals surface area contributed by atoms with E-state index in [1.54, 1.807) is 6.07 Å². The van der Waals surface area contributed by atoms with Gasteiger partial charge < -0.3 is 10.1 Å². The van der Waals surface area contributed by atoms with E-state index in [9.17, 15) is 9.59 Å². The highest BCUT2D eigenvalue weighted by Crippen LogP contribution is 2.08. The SMILES string of the molecule is CC(=O)COCC(=O)Nc1cccc(C)c1. The van der Waals surface area contributed by atoms with Crippen molar-refractivity contribution in [3.05, 3.63) is 29.8 Å². The lowest BCUT2D eigenvalue weighted by Crippen LogP contribution is -2.20. The Morgan fingerprint density at radius 2 is 2.06 bits per heavy atom.